The molecule has 20 heavy (non-hydrogen) atoms. The zero-order valence-corrected chi connectivity index (χ0v) is 12.1. The van der Waals surface area contributed by atoms with E-state index in [0.717, 1.165) is 12.8 Å². The molecule has 0 aliphatic heterocycles. The lowest BCUT2D eigenvalue weighted by Crippen LogP contribution is -2.32. The number of benzene rings is 1. The van der Waals surface area contributed by atoms with Crippen molar-refractivity contribution in [3.8, 4) is 0 Å². The van der Waals surface area contributed by atoms with Crippen LogP contribution in [0.1, 0.15) is 44.0 Å². The summed E-state index contributed by atoms with van der Waals surface area (Å²) in [5, 5.41) is 16.7. The summed E-state index contributed by atoms with van der Waals surface area (Å²) in [5.41, 5.74) is 0.836. The minimum atomic E-state index is -0.498. The van der Waals surface area contributed by atoms with Crippen LogP contribution in [0.5, 0.6) is 0 Å². The second kappa shape index (κ2) is 7.47. The van der Waals surface area contributed by atoms with E-state index in [1.807, 2.05) is 20.8 Å². The van der Waals surface area contributed by atoms with Crippen molar-refractivity contribution >= 4 is 17.3 Å². The molecule has 1 amide bonds. The van der Waals surface area contributed by atoms with E-state index in [-0.39, 0.29) is 17.6 Å². The van der Waals surface area contributed by atoms with Crippen LogP contribution in [0.3, 0.4) is 0 Å². The van der Waals surface area contributed by atoms with Gasteiger partial charge in [-0.05, 0) is 26.3 Å². The maximum atomic E-state index is 12.2. The largest absolute Gasteiger partial charge is 0.385 e. The van der Waals surface area contributed by atoms with E-state index in [1.165, 1.54) is 12.1 Å². The van der Waals surface area contributed by atoms with Crippen LogP contribution in [0, 0.1) is 10.1 Å². The van der Waals surface area contributed by atoms with Gasteiger partial charge < -0.3 is 10.6 Å². The van der Waals surface area contributed by atoms with E-state index in [9.17, 15) is 14.9 Å². The summed E-state index contributed by atoms with van der Waals surface area (Å²) < 4.78 is 0. The maximum Gasteiger partial charge on any atom is 0.270 e. The lowest BCUT2D eigenvalue weighted by atomic mass is 10.1. The molecule has 1 unspecified atom stereocenters. The molecule has 1 aromatic carbocycles. The molecule has 0 aliphatic rings. The van der Waals surface area contributed by atoms with Gasteiger partial charge in [0, 0.05) is 30.4 Å². The molecule has 6 nitrogen and oxygen atoms in total. The third kappa shape index (κ3) is 4.22. The van der Waals surface area contributed by atoms with Gasteiger partial charge >= 0.3 is 0 Å². The summed E-state index contributed by atoms with van der Waals surface area (Å²) in [4.78, 5) is 22.6. The first-order valence-electron chi connectivity index (χ1n) is 6.82. The Morgan fingerprint density at radius 1 is 1.40 bits per heavy atom. The number of anilines is 1. The van der Waals surface area contributed by atoms with Crippen molar-refractivity contribution in [1.29, 1.82) is 0 Å². The molecule has 1 atom stereocenters. The number of carbonyl (C=O) groups is 1. The molecular weight excluding hydrogens is 258 g/mol. The van der Waals surface area contributed by atoms with E-state index < -0.39 is 4.92 Å². The molecule has 0 fully saturated rings. The molecule has 0 radical (unpaired) electrons. The predicted octanol–water partition coefficient (Wildman–Crippen LogP) is 2.95. The van der Waals surface area contributed by atoms with Gasteiger partial charge in [-0.25, -0.2) is 0 Å². The normalized spacial score (nSPS) is 11.8. The average Bonchev–Trinajstić information content (AvgIpc) is 2.39. The zero-order chi connectivity index (χ0) is 15.1. The quantitative estimate of drug-likeness (QED) is 0.593. The number of non-ortho nitro benzene ring substituents is 1. The number of hydrogen-bond donors (Lipinski definition) is 2. The van der Waals surface area contributed by atoms with Crippen molar-refractivity contribution < 1.29 is 9.72 Å². The van der Waals surface area contributed by atoms with Crippen molar-refractivity contribution in [2.45, 2.75) is 39.7 Å². The van der Waals surface area contributed by atoms with Crippen molar-refractivity contribution in [2.75, 3.05) is 11.9 Å². The molecular formula is C14H21N3O3. The van der Waals surface area contributed by atoms with Crippen molar-refractivity contribution in [3.63, 3.8) is 0 Å². The summed E-state index contributed by atoms with van der Waals surface area (Å²) >= 11 is 0. The summed E-state index contributed by atoms with van der Waals surface area (Å²) in [6, 6.07) is 4.32. The van der Waals surface area contributed by atoms with Gasteiger partial charge in [-0.1, -0.05) is 13.3 Å². The van der Waals surface area contributed by atoms with Crippen LogP contribution in [0.4, 0.5) is 11.4 Å². The monoisotopic (exact) mass is 279 g/mol. The molecule has 1 rings (SSSR count). The fraction of sp³-hybridized carbons (Fsp3) is 0.500. The molecule has 0 aliphatic carbocycles. The van der Waals surface area contributed by atoms with Crippen molar-refractivity contribution in [2.24, 2.45) is 0 Å². The topological polar surface area (TPSA) is 84.3 Å². The fourth-order valence-corrected chi connectivity index (χ4v) is 1.98. The van der Waals surface area contributed by atoms with Crippen LogP contribution in [0.2, 0.25) is 0 Å². The number of nitro benzene ring substituents is 1. The van der Waals surface area contributed by atoms with Gasteiger partial charge in [0.15, 0.2) is 0 Å². The number of hydrogen-bond acceptors (Lipinski definition) is 4. The molecule has 0 bridgehead atoms. The summed E-state index contributed by atoms with van der Waals surface area (Å²) in [6.07, 6.45) is 1.84. The first-order valence-corrected chi connectivity index (χ1v) is 6.82. The molecule has 0 spiro atoms. The standard InChI is InChI=1S/C14H21N3O3/c1-4-6-10(3)16-14(18)12-9-11(17(19)20)7-8-13(12)15-5-2/h7-10,15H,4-6H2,1-3H3,(H,16,18). The van der Waals surface area contributed by atoms with E-state index in [1.54, 1.807) is 6.07 Å². The highest BCUT2D eigenvalue weighted by molar-refractivity contribution is 6.00. The molecule has 0 aromatic heterocycles. The van der Waals surface area contributed by atoms with Crippen LogP contribution in [-0.2, 0) is 0 Å². The van der Waals surface area contributed by atoms with Crippen LogP contribution in [0.15, 0.2) is 18.2 Å². The third-order valence-corrected chi connectivity index (χ3v) is 2.93. The third-order valence-electron chi connectivity index (χ3n) is 2.93. The van der Waals surface area contributed by atoms with E-state index in [2.05, 4.69) is 10.6 Å². The van der Waals surface area contributed by atoms with E-state index in [4.69, 9.17) is 0 Å². The highest BCUT2D eigenvalue weighted by Crippen LogP contribution is 2.22. The minimum Gasteiger partial charge on any atom is -0.385 e. The van der Waals surface area contributed by atoms with E-state index in [0.29, 0.717) is 17.8 Å². The molecule has 0 saturated heterocycles. The SMILES string of the molecule is CCCC(C)NC(=O)c1cc([N+](=O)[O-])ccc1NCC. The van der Waals surface area contributed by atoms with Crippen LogP contribution in [-0.4, -0.2) is 23.4 Å². The number of rotatable bonds is 7. The van der Waals surface area contributed by atoms with E-state index >= 15 is 0 Å². The summed E-state index contributed by atoms with van der Waals surface area (Å²) in [6.45, 7) is 6.51. The number of carbonyl (C=O) groups excluding carboxylic acids is 1. The number of amides is 1. The van der Waals surface area contributed by atoms with Gasteiger partial charge in [0.05, 0.1) is 10.5 Å². The molecule has 2 N–H and O–H groups in total. The number of nitrogens with one attached hydrogen (secondary N) is 2. The second-order valence-electron chi connectivity index (χ2n) is 4.68. The molecule has 0 heterocycles. The highest BCUT2D eigenvalue weighted by atomic mass is 16.6. The summed E-state index contributed by atoms with van der Waals surface area (Å²) in [7, 11) is 0. The van der Waals surface area contributed by atoms with Crippen molar-refractivity contribution in [3.05, 3.63) is 33.9 Å². The second-order valence-corrected chi connectivity index (χ2v) is 4.68. The Kier molecular flexibility index (Phi) is 5.96. The van der Waals surface area contributed by atoms with Crippen molar-refractivity contribution in [1.82, 2.24) is 5.32 Å². The molecule has 110 valence electrons. The van der Waals surface area contributed by atoms with Crippen LogP contribution >= 0.6 is 0 Å². The molecule has 6 heteroatoms. The van der Waals surface area contributed by atoms with Gasteiger partial charge in [0.25, 0.3) is 11.6 Å². The van der Waals surface area contributed by atoms with Gasteiger partial charge in [0.1, 0.15) is 0 Å². The van der Waals surface area contributed by atoms with Crippen LogP contribution in [0.25, 0.3) is 0 Å². The molecule has 0 saturated carbocycles. The lowest BCUT2D eigenvalue weighted by Gasteiger charge is -2.15. The smallest absolute Gasteiger partial charge is 0.270 e. The Labute approximate surface area is 118 Å². The highest BCUT2D eigenvalue weighted by Gasteiger charge is 2.17. The van der Waals surface area contributed by atoms with Crippen LogP contribution < -0.4 is 10.6 Å². The summed E-state index contributed by atoms with van der Waals surface area (Å²) in [5.74, 6) is -0.286. The average molecular weight is 279 g/mol. The Morgan fingerprint density at radius 2 is 2.10 bits per heavy atom. The lowest BCUT2D eigenvalue weighted by molar-refractivity contribution is -0.384. The van der Waals surface area contributed by atoms with Gasteiger partial charge in [-0.3, -0.25) is 14.9 Å². The Hall–Kier alpha value is -2.11. The zero-order valence-electron chi connectivity index (χ0n) is 12.1. The van der Waals surface area contributed by atoms with Gasteiger partial charge in [-0.15, -0.1) is 0 Å². The predicted molar refractivity (Wildman–Crippen MR) is 79.1 cm³/mol. The molecule has 1 aromatic rings. The fourth-order valence-electron chi connectivity index (χ4n) is 1.98. The Balaban J connectivity index is 3.02. The Morgan fingerprint density at radius 3 is 2.65 bits per heavy atom. The van der Waals surface area contributed by atoms with Gasteiger partial charge in [-0.2, -0.15) is 0 Å². The minimum absolute atomic E-state index is 0.0428. The first kappa shape index (κ1) is 15.9. The van der Waals surface area contributed by atoms with Gasteiger partial charge in [0.2, 0.25) is 0 Å². The Bertz CT molecular complexity index is 489. The number of nitrogens with zero attached hydrogens (tertiary/aromatic N) is 1. The maximum absolute atomic E-state index is 12.2. The first-order chi connectivity index (χ1) is 9.49. The number of nitro groups is 1.